The third kappa shape index (κ3) is 4.23. The van der Waals surface area contributed by atoms with Gasteiger partial charge in [0, 0.05) is 0 Å². The van der Waals surface area contributed by atoms with Crippen LogP contribution in [0.15, 0.2) is 152 Å². The number of benzene rings is 7. The van der Waals surface area contributed by atoms with Crippen LogP contribution in [0.25, 0.3) is 66.1 Å². The molecule has 0 saturated heterocycles. The Morgan fingerprint density at radius 2 is 0.641 bits per heavy atom. The SMILES string of the molecule is Bc1ccc2c(-c3ccc(-c4ccccc4)cc3)c3ccccc3c(-c3ccc(-c4ccccc4)cc3)c2c1. The highest BCUT2D eigenvalue weighted by atomic mass is 14.2. The van der Waals surface area contributed by atoms with Crippen LogP contribution in [0.3, 0.4) is 0 Å². The van der Waals surface area contributed by atoms with E-state index in [9.17, 15) is 0 Å². The maximum atomic E-state index is 2.35. The highest BCUT2D eigenvalue weighted by Crippen LogP contribution is 2.43. The first-order valence-corrected chi connectivity index (χ1v) is 13.5. The largest absolute Gasteiger partial charge is 0.139 e. The summed E-state index contributed by atoms with van der Waals surface area (Å²) in [6.45, 7) is 0. The third-order valence-corrected chi connectivity index (χ3v) is 7.74. The highest BCUT2D eigenvalue weighted by molar-refractivity contribution is 6.34. The summed E-state index contributed by atoms with van der Waals surface area (Å²) in [5.74, 6) is 0. The lowest BCUT2D eigenvalue weighted by Crippen LogP contribution is -2.02. The molecule has 0 fully saturated rings. The van der Waals surface area contributed by atoms with Gasteiger partial charge >= 0.3 is 0 Å². The predicted molar refractivity (Wildman–Crippen MR) is 171 cm³/mol. The third-order valence-electron chi connectivity index (χ3n) is 7.74. The molecule has 0 bridgehead atoms. The Morgan fingerprint density at radius 3 is 1.13 bits per heavy atom. The van der Waals surface area contributed by atoms with Gasteiger partial charge in [-0.25, -0.2) is 0 Å². The summed E-state index contributed by atoms with van der Waals surface area (Å²) in [5, 5.41) is 5.14. The molecule has 0 aromatic heterocycles. The molecule has 0 saturated carbocycles. The Balaban J connectivity index is 1.45. The second kappa shape index (κ2) is 9.78. The zero-order chi connectivity index (χ0) is 26.2. The molecule has 0 aliphatic rings. The summed E-state index contributed by atoms with van der Waals surface area (Å²) < 4.78 is 0. The van der Waals surface area contributed by atoms with Crippen molar-refractivity contribution in [1.82, 2.24) is 0 Å². The molecule has 0 nitrogen and oxygen atoms in total. The Morgan fingerprint density at radius 1 is 0.282 bits per heavy atom. The van der Waals surface area contributed by atoms with E-state index in [0.717, 1.165) is 0 Å². The van der Waals surface area contributed by atoms with E-state index in [2.05, 4.69) is 160 Å². The second-order valence-electron chi connectivity index (χ2n) is 10.2. The standard InChI is InChI=1S/C38H27B/c39-32-23-24-35-36(25-32)38(31-21-17-29(18-22-31)27-11-5-2-6-12-27)34-14-8-7-13-33(34)37(35)30-19-15-28(16-20-30)26-9-3-1-4-10-26/h1-25H,39H2. The summed E-state index contributed by atoms with van der Waals surface area (Å²) in [6.07, 6.45) is 0. The fourth-order valence-corrected chi connectivity index (χ4v) is 5.83. The van der Waals surface area contributed by atoms with Gasteiger partial charge in [0.2, 0.25) is 0 Å². The van der Waals surface area contributed by atoms with E-state index in [-0.39, 0.29) is 0 Å². The van der Waals surface area contributed by atoms with Crippen LogP contribution in [0.4, 0.5) is 0 Å². The van der Waals surface area contributed by atoms with Crippen molar-refractivity contribution in [3.63, 3.8) is 0 Å². The molecule has 39 heavy (non-hydrogen) atoms. The minimum atomic E-state index is 1.24. The molecule has 7 rings (SSSR count). The molecule has 0 N–H and O–H groups in total. The zero-order valence-electron chi connectivity index (χ0n) is 21.9. The molecule has 1 heteroatoms. The normalized spacial score (nSPS) is 11.2. The van der Waals surface area contributed by atoms with Crippen molar-refractivity contribution in [2.24, 2.45) is 0 Å². The molecule has 0 heterocycles. The molecule has 0 unspecified atom stereocenters. The van der Waals surface area contributed by atoms with E-state index in [4.69, 9.17) is 0 Å². The first-order chi connectivity index (χ1) is 19.3. The lowest BCUT2D eigenvalue weighted by atomic mass is 9.83. The lowest BCUT2D eigenvalue weighted by molar-refractivity contribution is 1.60. The molecule has 0 amide bonds. The molecule has 7 aromatic rings. The molecule has 0 spiro atoms. The van der Waals surface area contributed by atoms with Crippen LogP contribution in [-0.2, 0) is 0 Å². The van der Waals surface area contributed by atoms with Crippen molar-refractivity contribution in [2.75, 3.05) is 0 Å². The molecule has 0 aliphatic heterocycles. The van der Waals surface area contributed by atoms with Gasteiger partial charge < -0.3 is 0 Å². The number of fused-ring (bicyclic) bond motifs is 2. The first-order valence-electron chi connectivity index (χ1n) is 13.5. The van der Waals surface area contributed by atoms with Gasteiger partial charge in [0.05, 0.1) is 0 Å². The summed E-state index contributed by atoms with van der Waals surface area (Å²) in [6, 6.07) is 55.0. The van der Waals surface area contributed by atoms with Crippen molar-refractivity contribution in [1.29, 1.82) is 0 Å². The monoisotopic (exact) mass is 494 g/mol. The Labute approximate surface area is 230 Å². The van der Waals surface area contributed by atoms with E-state index in [1.54, 1.807) is 0 Å². The number of hydrogen-bond donors (Lipinski definition) is 0. The van der Waals surface area contributed by atoms with Gasteiger partial charge in [0.1, 0.15) is 7.85 Å². The van der Waals surface area contributed by atoms with E-state index in [1.165, 1.54) is 71.5 Å². The van der Waals surface area contributed by atoms with E-state index < -0.39 is 0 Å². The maximum Gasteiger partial charge on any atom is 0.139 e. The van der Waals surface area contributed by atoms with Gasteiger partial charge in [0.15, 0.2) is 0 Å². The average molecular weight is 494 g/mol. The smallest absolute Gasteiger partial charge is 0.0883 e. The minimum absolute atomic E-state index is 1.24. The number of rotatable bonds is 4. The lowest BCUT2D eigenvalue weighted by Gasteiger charge is -2.19. The van der Waals surface area contributed by atoms with Crippen LogP contribution in [0.1, 0.15) is 0 Å². The van der Waals surface area contributed by atoms with Crippen LogP contribution < -0.4 is 5.46 Å². The van der Waals surface area contributed by atoms with Crippen molar-refractivity contribution in [2.45, 2.75) is 0 Å². The molecular weight excluding hydrogens is 467 g/mol. The van der Waals surface area contributed by atoms with Gasteiger partial charge in [-0.15, -0.1) is 0 Å². The van der Waals surface area contributed by atoms with E-state index >= 15 is 0 Å². The molecule has 0 aliphatic carbocycles. The fraction of sp³-hybridized carbons (Fsp3) is 0. The topological polar surface area (TPSA) is 0 Å². The van der Waals surface area contributed by atoms with Crippen LogP contribution in [-0.4, -0.2) is 7.85 Å². The van der Waals surface area contributed by atoms with Gasteiger partial charge in [-0.05, 0) is 66.1 Å². The van der Waals surface area contributed by atoms with Gasteiger partial charge in [-0.1, -0.05) is 157 Å². The Kier molecular flexibility index (Phi) is 5.83. The molecule has 182 valence electrons. The second-order valence-corrected chi connectivity index (χ2v) is 10.2. The first kappa shape index (κ1) is 23.3. The zero-order valence-corrected chi connectivity index (χ0v) is 21.9. The number of hydrogen-bond acceptors (Lipinski definition) is 0. The fourth-order valence-electron chi connectivity index (χ4n) is 5.83. The Hall–Kier alpha value is -4.88. The van der Waals surface area contributed by atoms with Crippen LogP contribution in [0.5, 0.6) is 0 Å². The van der Waals surface area contributed by atoms with Crippen molar-refractivity contribution in [3.05, 3.63) is 152 Å². The maximum absolute atomic E-state index is 2.35. The van der Waals surface area contributed by atoms with Gasteiger partial charge in [-0.2, -0.15) is 0 Å². The molecule has 0 radical (unpaired) electrons. The highest BCUT2D eigenvalue weighted by Gasteiger charge is 2.17. The molecule has 0 atom stereocenters. The van der Waals surface area contributed by atoms with Crippen molar-refractivity contribution in [3.8, 4) is 44.5 Å². The molecular formula is C38H27B. The summed E-state index contributed by atoms with van der Waals surface area (Å²) >= 11 is 0. The van der Waals surface area contributed by atoms with Crippen LogP contribution >= 0.6 is 0 Å². The van der Waals surface area contributed by atoms with Gasteiger partial charge in [0.25, 0.3) is 0 Å². The van der Waals surface area contributed by atoms with E-state index in [0.29, 0.717) is 0 Å². The summed E-state index contributed by atoms with van der Waals surface area (Å²) in [4.78, 5) is 0. The Bertz CT molecular complexity index is 1920. The minimum Gasteiger partial charge on any atom is -0.0883 e. The van der Waals surface area contributed by atoms with Crippen LogP contribution in [0, 0.1) is 0 Å². The predicted octanol–water partition coefficient (Wildman–Crippen LogP) is 8.92. The summed E-state index contributed by atoms with van der Waals surface area (Å²) in [5.41, 5.74) is 11.3. The quantitative estimate of drug-likeness (QED) is 0.169. The van der Waals surface area contributed by atoms with Crippen molar-refractivity contribution < 1.29 is 0 Å². The van der Waals surface area contributed by atoms with Crippen LogP contribution in [0.2, 0.25) is 0 Å². The van der Waals surface area contributed by atoms with Gasteiger partial charge in [-0.3, -0.25) is 0 Å². The van der Waals surface area contributed by atoms with Crippen molar-refractivity contribution >= 4 is 34.9 Å². The summed E-state index contributed by atoms with van der Waals surface area (Å²) in [7, 11) is 2.19. The molecule has 7 aromatic carbocycles. The van der Waals surface area contributed by atoms with E-state index in [1.807, 2.05) is 0 Å². The average Bonchev–Trinajstić information content (AvgIpc) is 3.01.